The molecule has 0 unspecified atom stereocenters. The summed E-state index contributed by atoms with van der Waals surface area (Å²) in [7, 11) is 2.92. The van der Waals surface area contributed by atoms with Gasteiger partial charge in [-0.05, 0) is 48.7 Å². The molecule has 0 aliphatic heterocycles. The predicted molar refractivity (Wildman–Crippen MR) is 107 cm³/mol. The van der Waals surface area contributed by atoms with Crippen LogP contribution in [0.25, 0.3) is 6.08 Å². The quantitative estimate of drug-likeness (QED) is 0.543. The van der Waals surface area contributed by atoms with E-state index in [4.69, 9.17) is 9.47 Å². The lowest BCUT2D eigenvalue weighted by molar-refractivity contribution is -0.112. The maximum absolute atomic E-state index is 12.8. The van der Waals surface area contributed by atoms with Gasteiger partial charge in [-0.25, -0.2) is 4.79 Å². The van der Waals surface area contributed by atoms with Gasteiger partial charge in [0.15, 0.2) is 0 Å². The highest BCUT2D eigenvalue weighted by Gasteiger charge is 2.12. The SMILES string of the molecule is CCCC/C(=C/c1ccc(C(=O)OC)cc1)C(=O)Nc1ccccc1OC. The van der Waals surface area contributed by atoms with Gasteiger partial charge < -0.3 is 14.8 Å². The maximum atomic E-state index is 12.8. The third-order valence-electron chi connectivity index (χ3n) is 4.12. The Morgan fingerprint density at radius 3 is 2.37 bits per heavy atom. The van der Waals surface area contributed by atoms with Gasteiger partial charge in [-0.15, -0.1) is 0 Å². The topological polar surface area (TPSA) is 64.6 Å². The number of carbonyl (C=O) groups excluding carboxylic acids is 2. The fourth-order valence-corrected chi connectivity index (χ4v) is 2.60. The zero-order chi connectivity index (χ0) is 19.6. The van der Waals surface area contributed by atoms with Crippen LogP contribution < -0.4 is 10.1 Å². The van der Waals surface area contributed by atoms with Crippen molar-refractivity contribution < 1.29 is 19.1 Å². The minimum atomic E-state index is -0.384. The monoisotopic (exact) mass is 367 g/mol. The molecule has 2 aromatic carbocycles. The van der Waals surface area contributed by atoms with Gasteiger partial charge in [0, 0.05) is 5.57 Å². The Kier molecular flexibility index (Phi) is 7.62. The van der Waals surface area contributed by atoms with Crippen LogP contribution in [0.4, 0.5) is 5.69 Å². The standard InChI is InChI=1S/C22H25NO4/c1-4-5-8-18(15-16-11-13-17(14-12-16)22(25)27-3)21(24)23-19-9-6-7-10-20(19)26-2/h6-7,9-15H,4-5,8H2,1-3H3,(H,23,24)/b18-15-. The van der Waals surface area contributed by atoms with Crippen LogP contribution in [0.2, 0.25) is 0 Å². The molecule has 27 heavy (non-hydrogen) atoms. The van der Waals surface area contributed by atoms with E-state index in [0.29, 0.717) is 29.0 Å². The summed E-state index contributed by atoms with van der Waals surface area (Å²) in [5.41, 5.74) is 2.63. The molecule has 5 nitrogen and oxygen atoms in total. The molecule has 1 amide bonds. The van der Waals surface area contributed by atoms with Crippen molar-refractivity contribution in [1.82, 2.24) is 0 Å². The lowest BCUT2D eigenvalue weighted by Crippen LogP contribution is -2.15. The number of esters is 1. The van der Waals surface area contributed by atoms with Crippen LogP contribution in [0.1, 0.15) is 42.1 Å². The van der Waals surface area contributed by atoms with Gasteiger partial charge in [0.1, 0.15) is 5.75 Å². The van der Waals surface area contributed by atoms with E-state index in [1.54, 1.807) is 43.5 Å². The average molecular weight is 367 g/mol. The molecule has 0 heterocycles. The first-order valence-electron chi connectivity index (χ1n) is 8.92. The van der Waals surface area contributed by atoms with Gasteiger partial charge in [0.2, 0.25) is 0 Å². The number of amides is 1. The van der Waals surface area contributed by atoms with Gasteiger partial charge in [-0.2, -0.15) is 0 Å². The Labute approximate surface area is 160 Å². The molecule has 0 saturated carbocycles. The first kappa shape index (κ1) is 20.2. The van der Waals surface area contributed by atoms with E-state index in [-0.39, 0.29) is 11.9 Å². The first-order chi connectivity index (χ1) is 13.1. The smallest absolute Gasteiger partial charge is 0.337 e. The van der Waals surface area contributed by atoms with Gasteiger partial charge in [-0.3, -0.25) is 4.79 Å². The van der Waals surface area contributed by atoms with Crippen molar-refractivity contribution in [2.75, 3.05) is 19.5 Å². The van der Waals surface area contributed by atoms with Crippen LogP contribution in [0.15, 0.2) is 54.1 Å². The molecule has 142 valence electrons. The largest absolute Gasteiger partial charge is 0.495 e. The Morgan fingerprint density at radius 2 is 1.74 bits per heavy atom. The van der Waals surface area contributed by atoms with Crippen LogP contribution in [-0.4, -0.2) is 26.1 Å². The molecule has 1 N–H and O–H groups in total. The summed E-state index contributed by atoms with van der Waals surface area (Å²) in [6.45, 7) is 2.08. The molecule has 0 saturated heterocycles. The highest BCUT2D eigenvalue weighted by Crippen LogP contribution is 2.24. The Balaban J connectivity index is 2.24. The number of para-hydroxylation sites is 2. The highest BCUT2D eigenvalue weighted by molar-refractivity contribution is 6.07. The van der Waals surface area contributed by atoms with Crippen molar-refractivity contribution in [1.29, 1.82) is 0 Å². The molecule has 0 radical (unpaired) electrons. The summed E-state index contributed by atoms with van der Waals surface area (Å²) in [4.78, 5) is 24.3. The number of anilines is 1. The Hall–Kier alpha value is -3.08. The number of benzene rings is 2. The van der Waals surface area contributed by atoms with Crippen LogP contribution in [-0.2, 0) is 9.53 Å². The lowest BCUT2D eigenvalue weighted by atomic mass is 10.0. The van der Waals surface area contributed by atoms with E-state index in [9.17, 15) is 9.59 Å². The second kappa shape index (κ2) is 10.2. The van der Waals surface area contributed by atoms with E-state index in [1.807, 2.05) is 18.2 Å². The number of ether oxygens (including phenoxy) is 2. The molecule has 2 rings (SSSR count). The predicted octanol–water partition coefficient (Wildman–Crippen LogP) is 4.69. The Morgan fingerprint density at radius 1 is 1.04 bits per heavy atom. The highest BCUT2D eigenvalue weighted by atomic mass is 16.5. The number of hydrogen-bond acceptors (Lipinski definition) is 4. The molecule has 0 aliphatic rings. The normalized spacial score (nSPS) is 11.0. The fraction of sp³-hybridized carbons (Fsp3) is 0.273. The van der Waals surface area contributed by atoms with Crippen LogP contribution in [0, 0.1) is 0 Å². The molecule has 0 bridgehead atoms. The number of methoxy groups -OCH3 is 2. The van der Waals surface area contributed by atoms with Crippen molar-refractivity contribution in [2.45, 2.75) is 26.2 Å². The van der Waals surface area contributed by atoms with Crippen molar-refractivity contribution in [3.63, 3.8) is 0 Å². The first-order valence-corrected chi connectivity index (χ1v) is 8.92. The average Bonchev–Trinajstić information content (AvgIpc) is 2.71. The third-order valence-corrected chi connectivity index (χ3v) is 4.12. The molecular formula is C22H25NO4. The minimum Gasteiger partial charge on any atom is -0.495 e. The van der Waals surface area contributed by atoms with E-state index in [0.717, 1.165) is 18.4 Å². The zero-order valence-corrected chi connectivity index (χ0v) is 16.0. The van der Waals surface area contributed by atoms with E-state index in [1.165, 1.54) is 7.11 Å². The molecule has 5 heteroatoms. The molecule has 0 aliphatic carbocycles. The Bertz CT molecular complexity index is 809. The zero-order valence-electron chi connectivity index (χ0n) is 16.0. The number of carbonyl (C=O) groups is 2. The second-order valence-electron chi connectivity index (χ2n) is 6.04. The summed E-state index contributed by atoms with van der Waals surface area (Å²) in [6, 6.07) is 14.3. The van der Waals surface area contributed by atoms with E-state index >= 15 is 0 Å². The maximum Gasteiger partial charge on any atom is 0.337 e. The van der Waals surface area contributed by atoms with Crippen LogP contribution in [0.5, 0.6) is 5.75 Å². The van der Waals surface area contributed by atoms with E-state index in [2.05, 4.69) is 12.2 Å². The van der Waals surface area contributed by atoms with Crippen molar-refractivity contribution >= 4 is 23.6 Å². The fourth-order valence-electron chi connectivity index (χ4n) is 2.60. The summed E-state index contributed by atoms with van der Waals surface area (Å²) in [5, 5.41) is 2.92. The van der Waals surface area contributed by atoms with Gasteiger partial charge >= 0.3 is 5.97 Å². The molecule has 2 aromatic rings. The number of rotatable bonds is 8. The lowest BCUT2D eigenvalue weighted by Gasteiger charge is -2.12. The van der Waals surface area contributed by atoms with Crippen molar-refractivity contribution in [3.05, 3.63) is 65.2 Å². The molecule has 0 spiro atoms. The van der Waals surface area contributed by atoms with Crippen LogP contribution in [0.3, 0.4) is 0 Å². The van der Waals surface area contributed by atoms with Gasteiger partial charge in [0.05, 0.1) is 25.5 Å². The van der Waals surface area contributed by atoms with Crippen LogP contribution >= 0.6 is 0 Å². The second-order valence-corrected chi connectivity index (χ2v) is 6.04. The number of nitrogens with one attached hydrogen (secondary N) is 1. The van der Waals surface area contributed by atoms with Gasteiger partial charge in [-0.1, -0.05) is 37.6 Å². The number of unbranched alkanes of at least 4 members (excludes halogenated alkanes) is 1. The molecule has 0 aromatic heterocycles. The summed E-state index contributed by atoms with van der Waals surface area (Å²) >= 11 is 0. The number of hydrogen-bond donors (Lipinski definition) is 1. The molecule has 0 fully saturated rings. The summed E-state index contributed by atoms with van der Waals surface area (Å²) < 4.78 is 10.0. The molecule has 0 atom stereocenters. The van der Waals surface area contributed by atoms with E-state index < -0.39 is 0 Å². The minimum absolute atomic E-state index is 0.162. The van der Waals surface area contributed by atoms with Crippen molar-refractivity contribution in [3.8, 4) is 5.75 Å². The molecular weight excluding hydrogens is 342 g/mol. The summed E-state index contributed by atoms with van der Waals surface area (Å²) in [6.07, 6.45) is 4.41. The third kappa shape index (κ3) is 5.71. The summed E-state index contributed by atoms with van der Waals surface area (Å²) in [5.74, 6) is 0.0683. The van der Waals surface area contributed by atoms with Gasteiger partial charge in [0.25, 0.3) is 5.91 Å². The van der Waals surface area contributed by atoms with Crippen molar-refractivity contribution in [2.24, 2.45) is 0 Å².